The molecule has 0 amide bonds. The van der Waals surface area contributed by atoms with Crippen molar-refractivity contribution in [3.05, 3.63) is 44.4 Å². The summed E-state index contributed by atoms with van der Waals surface area (Å²) in [6.07, 6.45) is 3.00. The second kappa shape index (κ2) is 22.3. The minimum absolute atomic E-state index is 0.0291. The number of aliphatic hydroxyl groups is 2. The fraction of sp³-hybridized carbons (Fsp3) is 0.545. The highest BCUT2D eigenvalue weighted by molar-refractivity contribution is 6.61. The third-order valence-electron chi connectivity index (χ3n) is 4.27. The number of carbonyl (C=O) groups excluding carboxylic acids is 3. The first kappa shape index (κ1) is 38.7. The molecule has 3 atom stereocenters. The predicted octanol–water partition coefficient (Wildman–Crippen LogP) is 0.899. The van der Waals surface area contributed by atoms with Gasteiger partial charge in [-0.2, -0.15) is 0 Å². The number of carbonyl (C=O) groups is 3. The Labute approximate surface area is 216 Å². The molecule has 0 aliphatic carbocycles. The molecule has 1 radical (unpaired) electrons. The van der Waals surface area contributed by atoms with Crippen LogP contribution in [-0.2, 0) is 45.7 Å². The highest BCUT2D eigenvalue weighted by Gasteiger charge is 2.42. The molecule has 0 saturated carbocycles. The first-order chi connectivity index (χ1) is 16.8. The fourth-order valence-corrected chi connectivity index (χ4v) is 5.75. The number of rotatable bonds is 16. The highest BCUT2D eigenvalue weighted by atomic mass is 28.4. The summed E-state index contributed by atoms with van der Waals surface area (Å²) in [6.45, 7) is 11.5. The molecule has 0 bridgehead atoms. The van der Waals surface area contributed by atoms with Gasteiger partial charge in [0, 0.05) is 48.7 Å². The van der Waals surface area contributed by atoms with Gasteiger partial charge in [0.05, 0.1) is 18.2 Å². The van der Waals surface area contributed by atoms with Crippen molar-refractivity contribution in [1.29, 1.82) is 0 Å². The van der Waals surface area contributed by atoms with Crippen LogP contribution in [-0.4, -0.2) is 107 Å². The van der Waals surface area contributed by atoms with Crippen molar-refractivity contribution >= 4 is 35.6 Å². The van der Waals surface area contributed by atoms with Crippen molar-refractivity contribution in [2.45, 2.75) is 37.3 Å². The molecule has 0 saturated heterocycles. The van der Waals surface area contributed by atoms with E-state index in [1.807, 2.05) is 0 Å². The smallest absolute Gasteiger partial charge is 0.460 e. The van der Waals surface area contributed by atoms with Crippen molar-refractivity contribution in [3.8, 4) is 0 Å². The number of ether oxygens (including phenoxy) is 1. The van der Waals surface area contributed by atoms with Crippen LogP contribution in [0.5, 0.6) is 0 Å². The van der Waals surface area contributed by atoms with E-state index in [4.69, 9.17) is 36.4 Å². The average molecular weight is 554 g/mol. The maximum Gasteiger partial charge on any atom is 0.503 e. The molecule has 3 unspecified atom stereocenters. The van der Waals surface area contributed by atoms with Gasteiger partial charge in [0.15, 0.2) is 5.78 Å². The summed E-state index contributed by atoms with van der Waals surface area (Å²) in [6, 6.07) is 0.442. The standard InChI is InChI=1S/C9H18O5Si.C8H16O5Si.C5H7O2/c1-6-9(10)14-8(2)7-15(11-3,12-4)13-5;1-5-7(9)8(10)6-14(11-2,12-3)13-4;1-5(7)3-2-4-6/h6,8H,1,7H2,2-5H3;5,8,10H,1,6H2,2-4H3;2-5,7H,1H2. The van der Waals surface area contributed by atoms with Gasteiger partial charge in [-0.1, -0.05) is 19.2 Å². The molecule has 0 spiro atoms. The number of hydrogen-bond acceptors (Lipinski definition) is 12. The number of aldehydes is 1. The molecule has 0 aliphatic heterocycles. The molecule has 0 aromatic carbocycles. The lowest BCUT2D eigenvalue weighted by atomic mass is 10.2. The largest absolute Gasteiger partial charge is 0.503 e. The van der Waals surface area contributed by atoms with Crippen molar-refractivity contribution in [1.82, 2.24) is 0 Å². The Kier molecular flexibility index (Phi) is 24.0. The molecule has 0 fully saturated rings. The van der Waals surface area contributed by atoms with E-state index in [-0.39, 0.29) is 12.1 Å². The summed E-state index contributed by atoms with van der Waals surface area (Å²) in [7, 11) is 3.26. The molecular weight excluding hydrogens is 512 g/mol. The number of hydrogen-bond donors (Lipinski definition) is 2. The van der Waals surface area contributed by atoms with Crippen molar-refractivity contribution in [3.63, 3.8) is 0 Å². The van der Waals surface area contributed by atoms with Crippen LogP contribution in [0, 0.1) is 6.92 Å². The summed E-state index contributed by atoms with van der Waals surface area (Å²) >= 11 is 0. The average Bonchev–Trinajstić information content (AvgIpc) is 2.89. The van der Waals surface area contributed by atoms with Gasteiger partial charge in [-0.05, 0) is 26.0 Å². The molecule has 36 heavy (non-hydrogen) atoms. The van der Waals surface area contributed by atoms with Gasteiger partial charge < -0.3 is 41.5 Å². The Bertz CT molecular complexity index is 645. The summed E-state index contributed by atoms with van der Waals surface area (Å²) in [5.41, 5.74) is 0. The van der Waals surface area contributed by atoms with Gasteiger partial charge in [-0.25, -0.2) is 4.79 Å². The molecular formula is C22H41O12Si2. The predicted molar refractivity (Wildman–Crippen MR) is 137 cm³/mol. The quantitative estimate of drug-likeness (QED) is 0.121. The molecule has 0 aliphatic rings. The number of aliphatic hydroxyl groups excluding tert-OH is 2. The lowest BCUT2D eigenvalue weighted by Crippen LogP contribution is -2.46. The number of esters is 1. The van der Waals surface area contributed by atoms with Crippen LogP contribution >= 0.6 is 0 Å². The summed E-state index contributed by atoms with van der Waals surface area (Å²) in [5.74, 6) is -0.929. The third kappa shape index (κ3) is 17.6. The van der Waals surface area contributed by atoms with Gasteiger partial charge in [0.2, 0.25) is 0 Å². The molecule has 12 nitrogen and oxygen atoms in total. The lowest BCUT2D eigenvalue weighted by Gasteiger charge is -2.26. The molecule has 14 heteroatoms. The van der Waals surface area contributed by atoms with Gasteiger partial charge in [-0.3, -0.25) is 9.59 Å². The van der Waals surface area contributed by atoms with E-state index in [1.54, 1.807) is 6.92 Å². The third-order valence-corrected chi connectivity index (χ3v) is 9.97. The van der Waals surface area contributed by atoms with E-state index in [1.165, 1.54) is 54.8 Å². The molecule has 0 aromatic heterocycles. The number of allylic oxidation sites excluding steroid dienone is 1. The van der Waals surface area contributed by atoms with Gasteiger partial charge >= 0.3 is 23.6 Å². The van der Waals surface area contributed by atoms with E-state index in [0.29, 0.717) is 12.3 Å². The monoisotopic (exact) mass is 553 g/mol. The van der Waals surface area contributed by atoms with Crippen LogP contribution in [0.4, 0.5) is 0 Å². The van der Waals surface area contributed by atoms with Gasteiger partial charge in [-0.15, -0.1) is 0 Å². The molecule has 0 heterocycles. The second-order valence-electron chi connectivity index (χ2n) is 6.66. The first-order valence-electron chi connectivity index (χ1n) is 10.5. The highest BCUT2D eigenvalue weighted by Crippen LogP contribution is 2.17. The Morgan fingerprint density at radius 1 is 0.833 bits per heavy atom. The zero-order valence-electron chi connectivity index (χ0n) is 22.1. The minimum atomic E-state index is -2.88. The topological polar surface area (TPSA) is 156 Å². The first-order valence-corrected chi connectivity index (χ1v) is 14.3. The van der Waals surface area contributed by atoms with Crippen molar-refractivity contribution in [2.75, 3.05) is 42.7 Å². The van der Waals surface area contributed by atoms with Crippen molar-refractivity contribution < 1.29 is 55.9 Å². The second-order valence-corrected chi connectivity index (χ2v) is 12.7. The van der Waals surface area contributed by atoms with Crippen LogP contribution in [0.1, 0.15) is 6.92 Å². The van der Waals surface area contributed by atoms with Gasteiger partial charge in [0.1, 0.15) is 18.5 Å². The van der Waals surface area contributed by atoms with Crippen LogP contribution in [0.3, 0.4) is 0 Å². The molecule has 0 rings (SSSR count). The Morgan fingerprint density at radius 2 is 1.25 bits per heavy atom. The van der Waals surface area contributed by atoms with E-state index < -0.39 is 41.6 Å². The Morgan fingerprint density at radius 3 is 1.53 bits per heavy atom. The summed E-state index contributed by atoms with van der Waals surface area (Å²) in [5, 5.41) is 17.7. The fourth-order valence-electron chi connectivity index (χ4n) is 2.29. The zero-order chi connectivity index (χ0) is 28.8. The van der Waals surface area contributed by atoms with E-state index >= 15 is 0 Å². The normalized spacial score (nSPS) is 13.7. The van der Waals surface area contributed by atoms with Crippen LogP contribution in [0.2, 0.25) is 12.1 Å². The molecule has 2 N–H and O–H groups in total. The Balaban J connectivity index is -0.000000483. The SMILES string of the molecule is C=CC(=O)C(O)C[Si](OC)(OC)OC.C=CC(=O)OC(C)C[Si](OC)(OC)OC.[CH2]C(O)C=CC=O. The maximum absolute atomic E-state index is 11.0. The summed E-state index contributed by atoms with van der Waals surface area (Å²) < 4.78 is 35.7. The van der Waals surface area contributed by atoms with E-state index in [2.05, 4.69) is 20.1 Å². The van der Waals surface area contributed by atoms with Crippen molar-refractivity contribution in [2.24, 2.45) is 0 Å². The molecule has 0 aromatic rings. The minimum Gasteiger partial charge on any atom is -0.460 e. The van der Waals surface area contributed by atoms with Crippen LogP contribution in [0.25, 0.3) is 0 Å². The van der Waals surface area contributed by atoms with Gasteiger partial charge in [0.25, 0.3) is 0 Å². The summed E-state index contributed by atoms with van der Waals surface area (Å²) in [4.78, 5) is 31.4. The maximum atomic E-state index is 11.0. The lowest BCUT2D eigenvalue weighted by molar-refractivity contribution is -0.141. The van der Waals surface area contributed by atoms with Crippen LogP contribution in [0.15, 0.2) is 37.5 Å². The van der Waals surface area contributed by atoms with E-state index in [0.717, 1.165) is 12.2 Å². The van der Waals surface area contributed by atoms with Crippen LogP contribution < -0.4 is 0 Å². The Hall–Kier alpha value is -1.86. The zero-order valence-corrected chi connectivity index (χ0v) is 24.1. The number of ketones is 1. The van der Waals surface area contributed by atoms with E-state index in [9.17, 15) is 19.5 Å². The molecule has 209 valence electrons.